The Balaban J connectivity index is 2.10. The molecule has 108 valence electrons. The maximum absolute atomic E-state index is 5.48. The summed E-state index contributed by atoms with van der Waals surface area (Å²) in [5, 5.41) is 4.34. The van der Waals surface area contributed by atoms with Crippen molar-refractivity contribution in [2.75, 3.05) is 21.3 Å². The highest BCUT2D eigenvalue weighted by molar-refractivity contribution is 7.09. The third-order valence-electron chi connectivity index (χ3n) is 3.08. The van der Waals surface area contributed by atoms with Gasteiger partial charge in [-0.1, -0.05) is 6.07 Å². The SMILES string of the molecule is COc1ccc(C[NH2+]Cc2cccs2)c(OC)c1OC. The van der Waals surface area contributed by atoms with Crippen molar-refractivity contribution in [1.29, 1.82) is 0 Å². The molecule has 5 heteroatoms. The van der Waals surface area contributed by atoms with Crippen LogP contribution >= 0.6 is 11.3 Å². The summed E-state index contributed by atoms with van der Waals surface area (Å²) in [6, 6.07) is 8.15. The average Bonchev–Trinajstić information content (AvgIpc) is 2.99. The van der Waals surface area contributed by atoms with E-state index in [0.717, 1.165) is 24.4 Å². The number of methoxy groups -OCH3 is 3. The molecule has 0 radical (unpaired) electrons. The number of ether oxygens (including phenoxy) is 3. The van der Waals surface area contributed by atoms with E-state index in [1.807, 2.05) is 12.1 Å². The first-order valence-corrected chi connectivity index (χ1v) is 7.30. The van der Waals surface area contributed by atoms with Crippen LogP contribution in [0.3, 0.4) is 0 Å². The zero-order valence-corrected chi connectivity index (χ0v) is 12.8. The van der Waals surface area contributed by atoms with Gasteiger partial charge in [0.05, 0.1) is 31.8 Å². The normalized spacial score (nSPS) is 10.3. The molecule has 0 unspecified atom stereocenters. The van der Waals surface area contributed by atoms with Gasteiger partial charge in [0.25, 0.3) is 0 Å². The summed E-state index contributed by atoms with van der Waals surface area (Å²) in [4.78, 5) is 1.37. The Bertz CT molecular complexity index is 540. The fraction of sp³-hybridized carbons (Fsp3) is 0.333. The van der Waals surface area contributed by atoms with Crippen molar-refractivity contribution in [3.8, 4) is 17.2 Å². The summed E-state index contributed by atoms with van der Waals surface area (Å²) in [5.74, 6) is 2.08. The standard InChI is InChI=1S/C15H19NO3S/c1-17-13-7-6-11(14(18-2)15(13)19-3)9-16-10-12-5-4-8-20-12/h4-8,16H,9-10H2,1-3H3/p+1. The molecule has 0 bridgehead atoms. The lowest BCUT2D eigenvalue weighted by Gasteiger charge is -2.14. The van der Waals surface area contributed by atoms with Crippen molar-refractivity contribution in [2.24, 2.45) is 0 Å². The molecule has 0 amide bonds. The number of rotatable bonds is 7. The van der Waals surface area contributed by atoms with Crippen LogP contribution in [0.15, 0.2) is 29.6 Å². The van der Waals surface area contributed by atoms with Gasteiger partial charge in [-0.05, 0) is 23.6 Å². The molecule has 0 saturated carbocycles. The van der Waals surface area contributed by atoms with Gasteiger partial charge >= 0.3 is 0 Å². The number of hydrogen-bond donors (Lipinski definition) is 1. The Morgan fingerprint density at radius 3 is 2.35 bits per heavy atom. The Labute approximate surface area is 123 Å². The van der Waals surface area contributed by atoms with Gasteiger partial charge in [-0.25, -0.2) is 0 Å². The van der Waals surface area contributed by atoms with Crippen LogP contribution in [0.2, 0.25) is 0 Å². The summed E-state index contributed by atoms with van der Waals surface area (Å²) in [7, 11) is 4.90. The highest BCUT2D eigenvalue weighted by Gasteiger charge is 2.16. The van der Waals surface area contributed by atoms with Crippen molar-refractivity contribution < 1.29 is 19.5 Å². The summed E-state index contributed by atoms with van der Waals surface area (Å²) in [5.41, 5.74) is 1.10. The van der Waals surface area contributed by atoms with Crippen LogP contribution in [0.4, 0.5) is 0 Å². The molecule has 0 spiro atoms. The number of benzene rings is 1. The van der Waals surface area contributed by atoms with Crippen LogP contribution in [0.25, 0.3) is 0 Å². The third-order valence-corrected chi connectivity index (χ3v) is 3.97. The fourth-order valence-electron chi connectivity index (χ4n) is 2.12. The van der Waals surface area contributed by atoms with E-state index < -0.39 is 0 Å². The molecule has 20 heavy (non-hydrogen) atoms. The lowest BCUT2D eigenvalue weighted by Crippen LogP contribution is -2.80. The van der Waals surface area contributed by atoms with Crippen molar-refractivity contribution >= 4 is 11.3 Å². The molecule has 0 aliphatic rings. The predicted octanol–water partition coefficient (Wildman–Crippen LogP) is 2.04. The molecule has 2 N–H and O–H groups in total. The molecule has 0 aliphatic carbocycles. The average molecular weight is 294 g/mol. The lowest BCUT2D eigenvalue weighted by atomic mass is 10.1. The van der Waals surface area contributed by atoms with E-state index in [0.29, 0.717) is 11.5 Å². The molecule has 0 saturated heterocycles. The van der Waals surface area contributed by atoms with E-state index >= 15 is 0 Å². The molecule has 0 aliphatic heterocycles. The Morgan fingerprint density at radius 2 is 1.75 bits per heavy atom. The van der Waals surface area contributed by atoms with E-state index in [4.69, 9.17) is 14.2 Å². The quantitative estimate of drug-likeness (QED) is 0.850. The molecule has 2 aromatic rings. The summed E-state index contributed by atoms with van der Waals surface area (Å²) < 4.78 is 16.1. The molecule has 1 heterocycles. The van der Waals surface area contributed by atoms with Crippen LogP contribution in [0.1, 0.15) is 10.4 Å². The van der Waals surface area contributed by atoms with Crippen LogP contribution < -0.4 is 19.5 Å². The van der Waals surface area contributed by atoms with Crippen molar-refractivity contribution in [3.05, 3.63) is 40.1 Å². The first-order valence-electron chi connectivity index (χ1n) is 6.42. The van der Waals surface area contributed by atoms with Gasteiger partial charge in [-0.15, -0.1) is 11.3 Å². The summed E-state index contributed by atoms with van der Waals surface area (Å²) in [6.07, 6.45) is 0. The minimum absolute atomic E-state index is 0.650. The van der Waals surface area contributed by atoms with Crippen molar-refractivity contribution in [3.63, 3.8) is 0 Å². The van der Waals surface area contributed by atoms with Crippen LogP contribution in [0, 0.1) is 0 Å². The van der Waals surface area contributed by atoms with Gasteiger partial charge in [0.2, 0.25) is 5.75 Å². The van der Waals surface area contributed by atoms with E-state index in [-0.39, 0.29) is 0 Å². The zero-order valence-electron chi connectivity index (χ0n) is 12.0. The van der Waals surface area contributed by atoms with Crippen molar-refractivity contribution in [1.82, 2.24) is 0 Å². The minimum Gasteiger partial charge on any atom is -0.493 e. The second-order valence-electron chi connectivity index (χ2n) is 4.27. The van der Waals surface area contributed by atoms with Crippen molar-refractivity contribution in [2.45, 2.75) is 13.1 Å². The maximum Gasteiger partial charge on any atom is 0.203 e. The summed E-state index contributed by atoms with van der Waals surface area (Å²) >= 11 is 1.77. The Morgan fingerprint density at radius 1 is 0.950 bits per heavy atom. The largest absolute Gasteiger partial charge is 0.493 e. The van der Waals surface area contributed by atoms with E-state index in [2.05, 4.69) is 22.8 Å². The Hall–Kier alpha value is -1.72. The minimum atomic E-state index is 0.650. The fourth-order valence-corrected chi connectivity index (χ4v) is 2.83. The second kappa shape index (κ2) is 7.17. The van der Waals surface area contributed by atoms with Gasteiger partial charge in [0.15, 0.2) is 11.5 Å². The summed E-state index contributed by atoms with van der Waals surface area (Å²) in [6.45, 7) is 1.80. The van der Waals surface area contributed by atoms with Gasteiger partial charge < -0.3 is 19.5 Å². The lowest BCUT2D eigenvalue weighted by molar-refractivity contribution is -0.685. The van der Waals surface area contributed by atoms with Gasteiger partial charge in [0.1, 0.15) is 13.1 Å². The van der Waals surface area contributed by atoms with Gasteiger partial charge in [-0.3, -0.25) is 0 Å². The topological polar surface area (TPSA) is 44.3 Å². The maximum atomic E-state index is 5.48. The third kappa shape index (κ3) is 3.23. The first kappa shape index (κ1) is 14.7. The van der Waals surface area contributed by atoms with Crippen LogP contribution in [-0.2, 0) is 13.1 Å². The van der Waals surface area contributed by atoms with Crippen LogP contribution in [0.5, 0.6) is 17.2 Å². The smallest absolute Gasteiger partial charge is 0.203 e. The number of nitrogens with two attached hydrogens (primary N) is 1. The second-order valence-corrected chi connectivity index (χ2v) is 5.30. The number of thiophene rings is 1. The number of hydrogen-bond acceptors (Lipinski definition) is 4. The van der Waals surface area contributed by atoms with E-state index in [1.54, 1.807) is 32.7 Å². The molecule has 2 rings (SSSR count). The van der Waals surface area contributed by atoms with Crippen LogP contribution in [-0.4, -0.2) is 21.3 Å². The van der Waals surface area contributed by atoms with Gasteiger partial charge in [0, 0.05) is 0 Å². The monoisotopic (exact) mass is 294 g/mol. The molecule has 1 aromatic carbocycles. The number of quaternary nitrogens is 1. The molecule has 0 atom stereocenters. The zero-order chi connectivity index (χ0) is 14.4. The molecular weight excluding hydrogens is 274 g/mol. The molecule has 1 aromatic heterocycles. The Kier molecular flexibility index (Phi) is 5.26. The predicted molar refractivity (Wildman–Crippen MR) is 79.8 cm³/mol. The molecule has 0 fully saturated rings. The van der Waals surface area contributed by atoms with Gasteiger partial charge in [-0.2, -0.15) is 0 Å². The molecular formula is C15H20NO3S+. The first-order chi connectivity index (χ1) is 9.80. The van der Waals surface area contributed by atoms with E-state index in [9.17, 15) is 0 Å². The highest BCUT2D eigenvalue weighted by atomic mass is 32.1. The molecule has 4 nitrogen and oxygen atoms in total. The van der Waals surface area contributed by atoms with E-state index in [1.165, 1.54) is 4.88 Å². The highest BCUT2D eigenvalue weighted by Crippen LogP contribution is 2.39.